The average molecular weight is 261 g/mol. The third-order valence-corrected chi connectivity index (χ3v) is 3.76. The lowest BCUT2D eigenvalue weighted by Crippen LogP contribution is -2.43. The molecular formula is C15H23N3O. The highest BCUT2D eigenvalue weighted by Gasteiger charge is 2.18. The molecule has 0 radical (unpaired) electrons. The molecule has 0 saturated heterocycles. The Kier molecular flexibility index (Phi) is 4.10. The van der Waals surface area contributed by atoms with Crippen LogP contribution >= 0.6 is 0 Å². The summed E-state index contributed by atoms with van der Waals surface area (Å²) in [6, 6.07) is 5.95. The molecule has 4 heteroatoms. The van der Waals surface area contributed by atoms with Crippen molar-refractivity contribution in [1.29, 1.82) is 0 Å². The van der Waals surface area contributed by atoms with Crippen LogP contribution in [0.15, 0.2) is 18.2 Å². The summed E-state index contributed by atoms with van der Waals surface area (Å²) < 4.78 is 0. The van der Waals surface area contributed by atoms with E-state index in [1.54, 1.807) is 0 Å². The van der Waals surface area contributed by atoms with Gasteiger partial charge in [-0.05, 0) is 29.5 Å². The van der Waals surface area contributed by atoms with E-state index in [2.05, 4.69) is 35.5 Å². The van der Waals surface area contributed by atoms with Crippen molar-refractivity contribution in [3.05, 3.63) is 29.3 Å². The lowest BCUT2D eigenvalue weighted by atomic mass is 10.0. The third kappa shape index (κ3) is 3.07. The smallest absolute Gasteiger partial charge is 0.237 e. The van der Waals surface area contributed by atoms with Crippen LogP contribution < -0.4 is 16.0 Å². The number of likely N-dealkylation sites (N-methyl/N-ethyl adjacent to an activating group) is 1. The maximum Gasteiger partial charge on any atom is 0.237 e. The van der Waals surface area contributed by atoms with Crippen LogP contribution in [0.1, 0.15) is 25.0 Å². The van der Waals surface area contributed by atoms with Crippen molar-refractivity contribution >= 4 is 11.6 Å². The van der Waals surface area contributed by atoms with Crippen molar-refractivity contribution < 1.29 is 4.79 Å². The number of nitrogens with two attached hydrogens (primary N) is 1. The number of nitrogens with zero attached hydrogens (tertiary/aromatic N) is 1. The number of rotatable bonds is 4. The van der Waals surface area contributed by atoms with Crippen LogP contribution in [0.4, 0.5) is 5.69 Å². The van der Waals surface area contributed by atoms with Crippen LogP contribution in [-0.2, 0) is 17.8 Å². The fourth-order valence-electron chi connectivity index (χ4n) is 2.34. The summed E-state index contributed by atoms with van der Waals surface area (Å²) in [5.41, 5.74) is 9.61. The standard InChI is InChI=1S/C15H23N3O/c1-10(2)14(16)15(19)17-9-11-4-5-13-12(8-11)6-7-18(13)3/h4-5,8,10,14H,6-7,9,16H2,1-3H3,(H,17,19). The molecular weight excluding hydrogens is 238 g/mol. The first-order valence-electron chi connectivity index (χ1n) is 6.85. The first-order chi connectivity index (χ1) is 8.99. The van der Waals surface area contributed by atoms with Gasteiger partial charge in [0.2, 0.25) is 5.91 Å². The van der Waals surface area contributed by atoms with Crippen LogP contribution in [0.25, 0.3) is 0 Å². The van der Waals surface area contributed by atoms with Gasteiger partial charge in [-0.2, -0.15) is 0 Å². The van der Waals surface area contributed by atoms with Gasteiger partial charge >= 0.3 is 0 Å². The molecule has 1 aliphatic rings. The van der Waals surface area contributed by atoms with E-state index < -0.39 is 6.04 Å². The molecule has 2 rings (SSSR count). The highest BCUT2D eigenvalue weighted by Crippen LogP contribution is 2.27. The molecule has 0 aromatic heterocycles. The molecule has 1 unspecified atom stereocenters. The molecule has 1 heterocycles. The van der Waals surface area contributed by atoms with Crippen LogP contribution in [0.3, 0.4) is 0 Å². The summed E-state index contributed by atoms with van der Waals surface area (Å²) in [5, 5.41) is 2.90. The predicted octanol–water partition coefficient (Wildman–Crippen LogP) is 1.28. The summed E-state index contributed by atoms with van der Waals surface area (Å²) in [6.07, 6.45) is 1.08. The normalized spacial score (nSPS) is 15.5. The summed E-state index contributed by atoms with van der Waals surface area (Å²) in [5.74, 6) is 0.0845. The molecule has 4 nitrogen and oxygen atoms in total. The number of anilines is 1. The molecule has 0 bridgehead atoms. The number of benzene rings is 1. The molecule has 1 aromatic rings. The quantitative estimate of drug-likeness (QED) is 0.858. The number of nitrogens with one attached hydrogen (secondary N) is 1. The highest BCUT2D eigenvalue weighted by atomic mass is 16.2. The Labute approximate surface area is 115 Å². The molecule has 0 fully saturated rings. The lowest BCUT2D eigenvalue weighted by Gasteiger charge is -2.16. The maximum absolute atomic E-state index is 11.8. The van der Waals surface area contributed by atoms with Crippen LogP contribution in [0.5, 0.6) is 0 Å². The van der Waals surface area contributed by atoms with Crippen molar-refractivity contribution in [3.63, 3.8) is 0 Å². The van der Waals surface area contributed by atoms with Crippen LogP contribution in [0, 0.1) is 5.92 Å². The third-order valence-electron chi connectivity index (χ3n) is 3.76. The lowest BCUT2D eigenvalue weighted by molar-refractivity contribution is -0.123. The topological polar surface area (TPSA) is 58.4 Å². The number of hydrogen-bond acceptors (Lipinski definition) is 3. The van der Waals surface area contributed by atoms with Gasteiger partial charge in [0.15, 0.2) is 0 Å². The SMILES string of the molecule is CC(C)C(N)C(=O)NCc1ccc2c(c1)CCN2C. The van der Waals surface area contributed by atoms with E-state index in [1.807, 2.05) is 13.8 Å². The second-order valence-corrected chi connectivity index (χ2v) is 5.62. The van der Waals surface area contributed by atoms with E-state index in [1.165, 1.54) is 11.3 Å². The fraction of sp³-hybridized carbons (Fsp3) is 0.533. The molecule has 1 aromatic carbocycles. The molecule has 19 heavy (non-hydrogen) atoms. The number of hydrogen-bond donors (Lipinski definition) is 2. The van der Waals surface area contributed by atoms with E-state index in [0.29, 0.717) is 6.54 Å². The minimum absolute atomic E-state index is 0.0763. The van der Waals surface area contributed by atoms with E-state index in [9.17, 15) is 4.79 Å². The monoisotopic (exact) mass is 261 g/mol. The van der Waals surface area contributed by atoms with E-state index in [4.69, 9.17) is 5.73 Å². The Morgan fingerprint density at radius 3 is 2.89 bits per heavy atom. The van der Waals surface area contributed by atoms with Crippen molar-refractivity contribution in [2.75, 3.05) is 18.5 Å². The summed E-state index contributed by atoms with van der Waals surface area (Å²) >= 11 is 0. The molecule has 0 aliphatic carbocycles. The summed E-state index contributed by atoms with van der Waals surface area (Å²) in [4.78, 5) is 14.1. The van der Waals surface area contributed by atoms with Gasteiger partial charge in [-0.1, -0.05) is 26.0 Å². The molecule has 0 saturated carbocycles. The predicted molar refractivity (Wildman–Crippen MR) is 78.1 cm³/mol. The largest absolute Gasteiger partial charge is 0.374 e. The molecule has 1 aliphatic heterocycles. The number of fused-ring (bicyclic) bond motifs is 1. The van der Waals surface area contributed by atoms with Gasteiger partial charge < -0.3 is 16.0 Å². The minimum Gasteiger partial charge on any atom is -0.374 e. The van der Waals surface area contributed by atoms with Gasteiger partial charge in [-0.3, -0.25) is 4.79 Å². The van der Waals surface area contributed by atoms with Crippen molar-refractivity contribution in [2.45, 2.75) is 32.9 Å². The first-order valence-corrected chi connectivity index (χ1v) is 6.85. The van der Waals surface area contributed by atoms with Crippen LogP contribution in [0.2, 0.25) is 0 Å². The van der Waals surface area contributed by atoms with Crippen molar-refractivity contribution in [2.24, 2.45) is 11.7 Å². The van der Waals surface area contributed by atoms with Gasteiger partial charge in [-0.15, -0.1) is 0 Å². The summed E-state index contributed by atoms with van der Waals surface area (Å²) in [6.45, 7) is 5.53. The van der Waals surface area contributed by atoms with Gasteiger partial charge in [0.1, 0.15) is 0 Å². The van der Waals surface area contributed by atoms with E-state index >= 15 is 0 Å². The van der Waals surface area contributed by atoms with Gasteiger partial charge in [-0.25, -0.2) is 0 Å². The molecule has 0 spiro atoms. The summed E-state index contributed by atoms with van der Waals surface area (Å²) in [7, 11) is 2.11. The van der Waals surface area contributed by atoms with Crippen molar-refractivity contribution in [3.8, 4) is 0 Å². The van der Waals surface area contributed by atoms with Crippen LogP contribution in [-0.4, -0.2) is 25.5 Å². The zero-order chi connectivity index (χ0) is 14.0. The highest BCUT2D eigenvalue weighted by molar-refractivity contribution is 5.81. The molecule has 1 atom stereocenters. The fourth-order valence-corrected chi connectivity index (χ4v) is 2.34. The first kappa shape index (κ1) is 13.9. The Hall–Kier alpha value is -1.55. The van der Waals surface area contributed by atoms with Gasteiger partial charge in [0.05, 0.1) is 6.04 Å². The minimum atomic E-state index is -0.430. The number of carbonyl (C=O) groups excluding carboxylic acids is 1. The Bertz CT molecular complexity index is 470. The maximum atomic E-state index is 11.8. The Morgan fingerprint density at radius 1 is 1.47 bits per heavy atom. The Morgan fingerprint density at radius 2 is 2.21 bits per heavy atom. The average Bonchev–Trinajstić information content (AvgIpc) is 2.76. The van der Waals surface area contributed by atoms with E-state index in [0.717, 1.165) is 18.5 Å². The number of carbonyl (C=O) groups is 1. The Balaban J connectivity index is 1.96. The molecule has 3 N–H and O–H groups in total. The zero-order valence-corrected chi connectivity index (χ0v) is 11.9. The van der Waals surface area contributed by atoms with Crippen molar-refractivity contribution in [1.82, 2.24) is 5.32 Å². The second kappa shape index (κ2) is 5.61. The second-order valence-electron chi connectivity index (χ2n) is 5.62. The van der Waals surface area contributed by atoms with Gasteiger partial charge in [0.25, 0.3) is 0 Å². The zero-order valence-electron chi connectivity index (χ0n) is 11.9. The number of amides is 1. The van der Waals surface area contributed by atoms with E-state index in [-0.39, 0.29) is 11.8 Å². The molecule has 1 amide bonds. The van der Waals surface area contributed by atoms with Gasteiger partial charge in [0, 0.05) is 25.8 Å². The molecule has 104 valence electrons.